The Morgan fingerprint density at radius 1 is 1.50 bits per heavy atom. The lowest BCUT2D eigenvalue weighted by Gasteiger charge is -2.37. The van der Waals surface area contributed by atoms with Crippen LogP contribution in [0.1, 0.15) is 20.8 Å². The van der Waals surface area contributed by atoms with E-state index in [2.05, 4.69) is 5.32 Å². The Hall–Kier alpha value is -1.30. The molecule has 3 atom stereocenters. The molecular weight excluding hydrogens is 212 g/mol. The van der Waals surface area contributed by atoms with Crippen molar-refractivity contribution >= 4 is 12.0 Å². The minimum atomic E-state index is -1.04. The number of hydrogen-bond acceptors (Lipinski definition) is 3. The Balaban J connectivity index is 2.55. The lowest BCUT2D eigenvalue weighted by Crippen LogP contribution is -2.55. The van der Waals surface area contributed by atoms with Crippen LogP contribution in [0.15, 0.2) is 0 Å². The highest BCUT2D eigenvalue weighted by molar-refractivity contribution is 5.82. The quantitative estimate of drug-likeness (QED) is 0.714. The summed E-state index contributed by atoms with van der Waals surface area (Å²) in [6.45, 7) is 6.16. The van der Waals surface area contributed by atoms with Gasteiger partial charge in [-0.25, -0.2) is 4.79 Å². The fourth-order valence-electron chi connectivity index (χ4n) is 1.52. The molecule has 16 heavy (non-hydrogen) atoms. The highest BCUT2D eigenvalue weighted by Gasteiger charge is 2.28. The van der Waals surface area contributed by atoms with Gasteiger partial charge >= 0.3 is 12.0 Å². The molecule has 2 N–H and O–H groups in total. The second-order valence-corrected chi connectivity index (χ2v) is 4.15. The third kappa shape index (κ3) is 3.10. The average Bonchev–Trinajstić information content (AvgIpc) is 2.21. The summed E-state index contributed by atoms with van der Waals surface area (Å²) in [6.07, 6.45) is -0.0120. The number of carbonyl (C=O) groups is 2. The van der Waals surface area contributed by atoms with Crippen molar-refractivity contribution in [3.05, 3.63) is 0 Å². The molecule has 0 aliphatic carbocycles. The summed E-state index contributed by atoms with van der Waals surface area (Å²) in [5.74, 6) is -1.04. The molecule has 1 aliphatic heterocycles. The molecular formula is C10H18N2O4. The standard InChI is InChI=1S/C10H18N2O4/c1-6-5-16-7(2)4-12(6)10(15)11-8(3)9(13)14/h6-8H,4-5H2,1-3H3,(H,11,15)(H,13,14). The number of ether oxygens (including phenoxy) is 1. The van der Waals surface area contributed by atoms with Gasteiger partial charge in [-0.2, -0.15) is 0 Å². The van der Waals surface area contributed by atoms with Gasteiger partial charge in [-0.05, 0) is 20.8 Å². The van der Waals surface area contributed by atoms with Gasteiger partial charge in [0.05, 0.1) is 18.8 Å². The van der Waals surface area contributed by atoms with E-state index in [9.17, 15) is 9.59 Å². The number of urea groups is 1. The van der Waals surface area contributed by atoms with Crippen molar-refractivity contribution in [1.29, 1.82) is 0 Å². The lowest BCUT2D eigenvalue weighted by molar-refractivity contribution is -0.138. The number of carbonyl (C=O) groups excluding carboxylic acids is 1. The van der Waals surface area contributed by atoms with E-state index in [-0.39, 0.29) is 18.2 Å². The molecule has 3 unspecified atom stereocenters. The number of morpholine rings is 1. The van der Waals surface area contributed by atoms with Gasteiger partial charge in [0, 0.05) is 6.54 Å². The van der Waals surface area contributed by atoms with E-state index in [4.69, 9.17) is 9.84 Å². The zero-order chi connectivity index (χ0) is 12.3. The van der Waals surface area contributed by atoms with Crippen LogP contribution in [-0.4, -0.2) is 53.3 Å². The molecule has 0 bridgehead atoms. The smallest absolute Gasteiger partial charge is 0.325 e. The maximum Gasteiger partial charge on any atom is 0.325 e. The fourth-order valence-corrected chi connectivity index (χ4v) is 1.52. The number of amides is 2. The molecule has 6 heteroatoms. The van der Waals surface area contributed by atoms with Gasteiger partial charge in [-0.15, -0.1) is 0 Å². The molecule has 0 spiro atoms. The first-order chi connectivity index (χ1) is 7.41. The van der Waals surface area contributed by atoms with Crippen LogP contribution in [0.5, 0.6) is 0 Å². The summed E-state index contributed by atoms with van der Waals surface area (Å²) in [4.78, 5) is 24.0. The molecule has 1 rings (SSSR count). The lowest BCUT2D eigenvalue weighted by atomic mass is 10.2. The number of carboxylic acid groups (broad SMARTS) is 1. The number of rotatable bonds is 2. The highest BCUT2D eigenvalue weighted by atomic mass is 16.5. The van der Waals surface area contributed by atoms with Gasteiger partial charge in [0.15, 0.2) is 0 Å². The van der Waals surface area contributed by atoms with Crippen molar-refractivity contribution in [2.45, 2.75) is 39.0 Å². The molecule has 0 saturated carbocycles. The van der Waals surface area contributed by atoms with Crippen LogP contribution in [0, 0.1) is 0 Å². The first kappa shape index (κ1) is 12.8. The molecule has 1 saturated heterocycles. The predicted molar refractivity (Wildman–Crippen MR) is 57.2 cm³/mol. The van der Waals surface area contributed by atoms with Gasteiger partial charge in [0.1, 0.15) is 6.04 Å². The summed E-state index contributed by atoms with van der Waals surface area (Å²) in [6, 6.07) is -1.26. The van der Waals surface area contributed by atoms with E-state index in [1.165, 1.54) is 6.92 Å². The number of carboxylic acids is 1. The Morgan fingerprint density at radius 2 is 2.12 bits per heavy atom. The van der Waals surface area contributed by atoms with Crippen molar-refractivity contribution in [2.24, 2.45) is 0 Å². The third-order valence-electron chi connectivity index (χ3n) is 2.58. The second kappa shape index (κ2) is 5.16. The minimum absolute atomic E-state index is 0.0120. The largest absolute Gasteiger partial charge is 0.480 e. The summed E-state index contributed by atoms with van der Waals surface area (Å²) < 4.78 is 5.38. The molecule has 1 fully saturated rings. The normalized spacial score (nSPS) is 27.3. The SMILES string of the molecule is CC1CN(C(=O)NC(C)C(=O)O)C(C)CO1. The van der Waals surface area contributed by atoms with Gasteiger partial charge in [-0.3, -0.25) is 4.79 Å². The predicted octanol–water partition coefficient (Wildman–Crippen LogP) is 0.278. The monoisotopic (exact) mass is 230 g/mol. The number of nitrogens with one attached hydrogen (secondary N) is 1. The van der Waals surface area contributed by atoms with Crippen LogP contribution in [0.3, 0.4) is 0 Å². The summed E-state index contributed by atoms with van der Waals surface area (Å²) in [5.41, 5.74) is 0. The van der Waals surface area contributed by atoms with Crippen molar-refractivity contribution in [3.63, 3.8) is 0 Å². The molecule has 1 aliphatic rings. The van der Waals surface area contributed by atoms with Gasteiger partial charge in [-0.1, -0.05) is 0 Å². The molecule has 2 amide bonds. The van der Waals surface area contributed by atoms with Crippen molar-refractivity contribution < 1.29 is 19.4 Å². The first-order valence-corrected chi connectivity index (χ1v) is 5.33. The van der Waals surface area contributed by atoms with E-state index in [1.807, 2.05) is 13.8 Å². The van der Waals surface area contributed by atoms with Crippen molar-refractivity contribution in [1.82, 2.24) is 10.2 Å². The maximum atomic E-state index is 11.8. The average molecular weight is 230 g/mol. The van der Waals surface area contributed by atoms with E-state index < -0.39 is 12.0 Å². The van der Waals surface area contributed by atoms with Gasteiger partial charge in [0.25, 0.3) is 0 Å². The van der Waals surface area contributed by atoms with Crippen LogP contribution in [0.4, 0.5) is 4.79 Å². The minimum Gasteiger partial charge on any atom is -0.480 e. The van der Waals surface area contributed by atoms with Crippen molar-refractivity contribution in [3.8, 4) is 0 Å². The summed E-state index contributed by atoms with van der Waals surface area (Å²) >= 11 is 0. The van der Waals surface area contributed by atoms with E-state index in [0.29, 0.717) is 13.2 Å². The molecule has 0 aromatic heterocycles. The van der Waals surface area contributed by atoms with E-state index >= 15 is 0 Å². The van der Waals surface area contributed by atoms with Gasteiger partial charge < -0.3 is 20.1 Å². The van der Waals surface area contributed by atoms with Crippen LogP contribution >= 0.6 is 0 Å². The first-order valence-electron chi connectivity index (χ1n) is 5.33. The molecule has 6 nitrogen and oxygen atoms in total. The Bertz CT molecular complexity index is 282. The summed E-state index contributed by atoms with van der Waals surface area (Å²) in [7, 11) is 0. The zero-order valence-electron chi connectivity index (χ0n) is 9.77. The van der Waals surface area contributed by atoms with Crippen LogP contribution in [0.25, 0.3) is 0 Å². The maximum absolute atomic E-state index is 11.8. The number of nitrogens with zero attached hydrogens (tertiary/aromatic N) is 1. The van der Waals surface area contributed by atoms with E-state index in [1.54, 1.807) is 4.90 Å². The molecule has 0 aromatic carbocycles. The second-order valence-electron chi connectivity index (χ2n) is 4.15. The Morgan fingerprint density at radius 3 is 2.69 bits per heavy atom. The Labute approximate surface area is 94.6 Å². The van der Waals surface area contributed by atoms with Crippen molar-refractivity contribution in [2.75, 3.05) is 13.2 Å². The molecule has 92 valence electrons. The van der Waals surface area contributed by atoms with Crippen LogP contribution in [0.2, 0.25) is 0 Å². The number of aliphatic carboxylic acids is 1. The van der Waals surface area contributed by atoms with Crippen LogP contribution < -0.4 is 5.32 Å². The van der Waals surface area contributed by atoms with E-state index in [0.717, 1.165) is 0 Å². The highest BCUT2D eigenvalue weighted by Crippen LogP contribution is 2.11. The zero-order valence-corrected chi connectivity index (χ0v) is 9.77. The topological polar surface area (TPSA) is 78.9 Å². The molecule has 0 aromatic rings. The molecule has 1 heterocycles. The number of hydrogen-bond donors (Lipinski definition) is 2. The van der Waals surface area contributed by atoms with Gasteiger partial charge in [0.2, 0.25) is 0 Å². The fraction of sp³-hybridized carbons (Fsp3) is 0.800. The molecule has 0 radical (unpaired) electrons. The Kier molecular flexibility index (Phi) is 4.12. The third-order valence-corrected chi connectivity index (χ3v) is 2.58. The summed E-state index contributed by atoms with van der Waals surface area (Å²) in [5, 5.41) is 11.1. The van der Waals surface area contributed by atoms with Crippen LogP contribution in [-0.2, 0) is 9.53 Å².